The van der Waals surface area contributed by atoms with E-state index in [0.29, 0.717) is 18.1 Å². The van der Waals surface area contributed by atoms with E-state index in [1.807, 2.05) is 11.9 Å². The number of halogens is 1. The SMILES string of the molecule is CC1=C(C)[C@@]2(C=C/C(=C\Br)CC2)C(C)CC1=O. The average Bonchev–Trinajstić information content (AvgIpc) is 2.35. The summed E-state index contributed by atoms with van der Waals surface area (Å²) >= 11 is 3.40. The molecule has 0 aliphatic heterocycles. The van der Waals surface area contributed by atoms with Crippen molar-refractivity contribution in [3.8, 4) is 0 Å². The maximum absolute atomic E-state index is 11.9. The largest absolute Gasteiger partial charge is 0.295 e. The number of hydrogen-bond donors (Lipinski definition) is 0. The summed E-state index contributed by atoms with van der Waals surface area (Å²) in [4.78, 5) is 13.9. The molecule has 2 aliphatic rings. The number of ketones is 1. The fourth-order valence-corrected chi connectivity index (χ4v) is 3.51. The van der Waals surface area contributed by atoms with Gasteiger partial charge in [0.05, 0.1) is 0 Å². The molecule has 0 N–H and O–H groups in total. The van der Waals surface area contributed by atoms with Crippen molar-refractivity contribution in [3.05, 3.63) is 33.9 Å². The van der Waals surface area contributed by atoms with Gasteiger partial charge in [0.2, 0.25) is 0 Å². The Bertz CT molecular complexity index is 442. The molecule has 0 heterocycles. The second-order valence-corrected chi connectivity index (χ2v) is 5.79. The minimum absolute atomic E-state index is 0.123. The molecule has 1 nitrogen and oxygen atoms in total. The Labute approximate surface area is 112 Å². The maximum atomic E-state index is 11.9. The number of rotatable bonds is 0. The maximum Gasteiger partial charge on any atom is 0.158 e. The quantitative estimate of drug-likeness (QED) is 0.641. The number of carbonyl (C=O) groups is 1. The Kier molecular flexibility index (Phi) is 3.44. The number of allylic oxidation sites excluding steroid dienone is 5. The third-order valence-electron chi connectivity index (χ3n) is 4.61. The van der Waals surface area contributed by atoms with Crippen molar-refractivity contribution in [2.45, 2.75) is 40.0 Å². The molecule has 1 spiro atoms. The van der Waals surface area contributed by atoms with E-state index in [1.54, 1.807) is 0 Å². The Morgan fingerprint density at radius 3 is 2.71 bits per heavy atom. The second kappa shape index (κ2) is 4.56. The summed E-state index contributed by atoms with van der Waals surface area (Å²) in [6.07, 6.45) is 7.44. The summed E-state index contributed by atoms with van der Waals surface area (Å²) in [7, 11) is 0. The first-order valence-corrected chi connectivity index (χ1v) is 7.12. The van der Waals surface area contributed by atoms with Gasteiger partial charge in [0.1, 0.15) is 0 Å². The highest BCUT2D eigenvalue weighted by Gasteiger charge is 2.42. The molecule has 0 radical (unpaired) electrons. The van der Waals surface area contributed by atoms with E-state index in [4.69, 9.17) is 0 Å². The Hall–Kier alpha value is -0.630. The van der Waals surface area contributed by atoms with Crippen LogP contribution < -0.4 is 0 Å². The van der Waals surface area contributed by atoms with Gasteiger partial charge in [-0.15, -0.1) is 0 Å². The van der Waals surface area contributed by atoms with Crippen molar-refractivity contribution < 1.29 is 4.79 Å². The molecule has 0 aromatic rings. The standard InChI is InChI=1S/C15H19BrO/c1-10-8-14(17)11(2)12(3)15(10)6-4-13(9-16)5-7-15/h4,6,9-10H,5,7-8H2,1-3H3/b13-9+/t10?,15-/m1/s1. The number of hydrogen-bond acceptors (Lipinski definition) is 1. The summed E-state index contributed by atoms with van der Waals surface area (Å²) in [6.45, 7) is 6.33. The molecule has 17 heavy (non-hydrogen) atoms. The van der Waals surface area contributed by atoms with E-state index >= 15 is 0 Å². The van der Waals surface area contributed by atoms with Gasteiger partial charge in [0.15, 0.2) is 5.78 Å². The lowest BCUT2D eigenvalue weighted by Gasteiger charge is -2.44. The van der Waals surface area contributed by atoms with Crippen molar-refractivity contribution in [2.24, 2.45) is 11.3 Å². The van der Waals surface area contributed by atoms with Gasteiger partial charge in [0.25, 0.3) is 0 Å². The fraction of sp³-hybridized carbons (Fsp3) is 0.533. The predicted molar refractivity (Wildman–Crippen MR) is 75.0 cm³/mol. The first-order valence-electron chi connectivity index (χ1n) is 6.21. The molecule has 0 aromatic heterocycles. The lowest BCUT2D eigenvalue weighted by atomic mass is 9.60. The van der Waals surface area contributed by atoms with Gasteiger partial charge >= 0.3 is 0 Å². The molecule has 0 saturated carbocycles. The zero-order chi connectivity index (χ0) is 12.6. The highest BCUT2D eigenvalue weighted by Crippen LogP contribution is 2.50. The Morgan fingerprint density at radius 2 is 2.18 bits per heavy atom. The van der Waals surface area contributed by atoms with Crippen LogP contribution in [0.3, 0.4) is 0 Å². The summed E-state index contributed by atoms with van der Waals surface area (Å²) in [6, 6.07) is 0. The van der Waals surface area contributed by atoms with Gasteiger partial charge in [-0.3, -0.25) is 4.79 Å². The van der Waals surface area contributed by atoms with E-state index in [1.165, 1.54) is 11.1 Å². The lowest BCUT2D eigenvalue weighted by Crippen LogP contribution is -2.36. The summed E-state index contributed by atoms with van der Waals surface area (Å²) < 4.78 is 0. The lowest BCUT2D eigenvalue weighted by molar-refractivity contribution is -0.117. The third-order valence-corrected chi connectivity index (χ3v) is 5.20. The normalized spacial score (nSPS) is 36.1. The van der Waals surface area contributed by atoms with Crippen molar-refractivity contribution >= 4 is 21.7 Å². The molecule has 2 atom stereocenters. The molecule has 0 saturated heterocycles. The van der Waals surface area contributed by atoms with Gasteiger partial charge in [-0.2, -0.15) is 0 Å². The minimum atomic E-state index is 0.123. The van der Waals surface area contributed by atoms with Crippen molar-refractivity contribution in [2.75, 3.05) is 0 Å². The van der Waals surface area contributed by atoms with Crippen LogP contribution in [-0.4, -0.2) is 5.78 Å². The van der Waals surface area contributed by atoms with Crippen LogP contribution in [0.15, 0.2) is 33.9 Å². The topological polar surface area (TPSA) is 17.1 Å². The third kappa shape index (κ3) is 1.97. The van der Waals surface area contributed by atoms with Crippen molar-refractivity contribution in [1.82, 2.24) is 0 Å². The average molecular weight is 295 g/mol. The smallest absolute Gasteiger partial charge is 0.158 e. The van der Waals surface area contributed by atoms with Gasteiger partial charge < -0.3 is 0 Å². The van der Waals surface area contributed by atoms with E-state index in [-0.39, 0.29) is 5.41 Å². The molecule has 2 aliphatic carbocycles. The molecule has 2 heteroatoms. The van der Waals surface area contributed by atoms with E-state index in [0.717, 1.165) is 18.4 Å². The molecular weight excluding hydrogens is 276 g/mol. The highest BCUT2D eigenvalue weighted by atomic mass is 79.9. The van der Waals surface area contributed by atoms with Crippen LogP contribution in [0.4, 0.5) is 0 Å². The van der Waals surface area contributed by atoms with Crippen molar-refractivity contribution in [1.29, 1.82) is 0 Å². The Morgan fingerprint density at radius 1 is 1.47 bits per heavy atom. The zero-order valence-corrected chi connectivity index (χ0v) is 12.3. The highest BCUT2D eigenvalue weighted by molar-refractivity contribution is 9.11. The van der Waals surface area contributed by atoms with Crippen molar-refractivity contribution in [3.63, 3.8) is 0 Å². The van der Waals surface area contributed by atoms with Crippen LogP contribution in [0.1, 0.15) is 40.0 Å². The first kappa shape index (κ1) is 12.8. The van der Waals surface area contributed by atoms with Crippen LogP contribution in [0.25, 0.3) is 0 Å². The van der Waals surface area contributed by atoms with E-state index in [9.17, 15) is 4.79 Å². The van der Waals surface area contributed by atoms with Gasteiger partial charge in [0, 0.05) is 11.8 Å². The van der Waals surface area contributed by atoms with Crippen LogP contribution in [0.2, 0.25) is 0 Å². The van der Waals surface area contributed by atoms with Gasteiger partial charge in [-0.05, 0) is 48.7 Å². The molecule has 0 amide bonds. The number of Topliss-reactive ketones (excluding diaryl/α,β-unsaturated/α-hetero) is 1. The fourth-order valence-electron chi connectivity index (χ4n) is 3.13. The van der Waals surface area contributed by atoms with E-state index in [2.05, 4.69) is 41.9 Å². The molecule has 0 fully saturated rings. The molecular formula is C15H19BrO. The summed E-state index contributed by atoms with van der Waals surface area (Å²) in [5.74, 6) is 0.752. The monoisotopic (exact) mass is 294 g/mol. The molecule has 1 unspecified atom stereocenters. The molecule has 2 rings (SSSR count). The van der Waals surface area contributed by atoms with Gasteiger partial charge in [-0.1, -0.05) is 40.6 Å². The van der Waals surface area contributed by atoms with Gasteiger partial charge in [-0.25, -0.2) is 0 Å². The predicted octanol–water partition coefficient (Wildman–Crippen LogP) is 4.55. The van der Waals surface area contributed by atoms with Crippen LogP contribution in [0.5, 0.6) is 0 Å². The van der Waals surface area contributed by atoms with Crippen LogP contribution >= 0.6 is 15.9 Å². The molecule has 0 aromatic carbocycles. The second-order valence-electron chi connectivity index (χ2n) is 5.34. The van der Waals surface area contributed by atoms with E-state index < -0.39 is 0 Å². The van der Waals surface area contributed by atoms with Crippen LogP contribution in [0, 0.1) is 11.3 Å². The molecule has 0 bridgehead atoms. The van der Waals surface area contributed by atoms with Crippen LogP contribution in [-0.2, 0) is 4.79 Å². The molecule has 92 valence electrons. The first-order chi connectivity index (χ1) is 8.01. The summed E-state index contributed by atoms with van der Waals surface area (Å²) in [5, 5.41) is 0. The number of carbonyl (C=O) groups excluding carboxylic acids is 1. The minimum Gasteiger partial charge on any atom is -0.295 e. The Balaban J connectivity index is 2.47. The summed E-state index contributed by atoms with van der Waals surface area (Å²) in [5.41, 5.74) is 3.73. The zero-order valence-electron chi connectivity index (χ0n) is 10.7.